The van der Waals surface area contributed by atoms with Crippen LogP contribution in [0.5, 0.6) is 0 Å². The molecule has 1 aliphatic carbocycles. The molecule has 0 aromatic rings. The minimum Gasteiger partial charge on any atom is -0.291 e. The number of hydrogen-bond acceptors (Lipinski definition) is 1. The first kappa shape index (κ1) is 5.42. The van der Waals surface area contributed by atoms with Crippen molar-refractivity contribution in [1.29, 1.82) is 0 Å². The molecular weight excluding hydrogens is 117 g/mol. The Morgan fingerprint density at radius 3 is 2.56 bits per heavy atom. The summed E-state index contributed by atoms with van der Waals surface area (Å²) in [4.78, 5) is 2.07. The molecule has 2 heteroatoms. The van der Waals surface area contributed by atoms with Gasteiger partial charge in [-0.1, -0.05) is 12.2 Å². The summed E-state index contributed by atoms with van der Waals surface area (Å²) in [7, 11) is 1.97. The highest BCUT2D eigenvalue weighted by molar-refractivity contribution is 5.38. The Balaban J connectivity index is 2.18. The van der Waals surface area contributed by atoms with Crippen molar-refractivity contribution in [3.63, 3.8) is 0 Å². The summed E-state index contributed by atoms with van der Waals surface area (Å²) in [6, 6.07) is 0. The Hall–Kier alpha value is -0.370. The van der Waals surface area contributed by atoms with E-state index in [-0.39, 0.29) is 5.54 Å². The maximum atomic E-state index is 12.9. The molecule has 50 valence electrons. The SMILES string of the molecule is CN1CCC(F)C12C=C2. The molecule has 2 aliphatic rings. The van der Waals surface area contributed by atoms with Crippen molar-refractivity contribution in [1.82, 2.24) is 4.90 Å². The van der Waals surface area contributed by atoms with Gasteiger partial charge >= 0.3 is 0 Å². The molecule has 0 N–H and O–H groups in total. The Bertz CT molecular complexity index is 146. The summed E-state index contributed by atoms with van der Waals surface area (Å²) in [5.41, 5.74) is -0.222. The fourth-order valence-corrected chi connectivity index (χ4v) is 1.52. The van der Waals surface area contributed by atoms with E-state index < -0.39 is 6.17 Å². The molecule has 0 amide bonds. The second-order valence-electron chi connectivity index (χ2n) is 2.90. The average molecular weight is 127 g/mol. The van der Waals surface area contributed by atoms with Gasteiger partial charge in [-0.25, -0.2) is 4.39 Å². The van der Waals surface area contributed by atoms with Crippen molar-refractivity contribution in [2.24, 2.45) is 0 Å². The number of alkyl halides is 1. The zero-order valence-corrected chi connectivity index (χ0v) is 5.47. The molecule has 1 atom stereocenters. The molecule has 1 spiro atoms. The van der Waals surface area contributed by atoms with Gasteiger partial charge in [-0.05, 0) is 13.5 Å². The van der Waals surface area contributed by atoms with Gasteiger partial charge in [-0.15, -0.1) is 0 Å². The van der Waals surface area contributed by atoms with Crippen LogP contribution in [0, 0.1) is 0 Å². The Morgan fingerprint density at radius 2 is 2.33 bits per heavy atom. The summed E-state index contributed by atoms with van der Waals surface area (Å²) < 4.78 is 12.9. The standard InChI is InChI=1S/C7H10FN/c1-9-5-2-6(8)7(9)3-4-7/h3-4,6H,2,5H2,1H3. The molecule has 1 unspecified atom stereocenters. The second-order valence-corrected chi connectivity index (χ2v) is 2.90. The first-order valence-corrected chi connectivity index (χ1v) is 3.31. The van der Waals surface area contributed by atoms with Crippen LogP contribution in [-0.2, 0) is 0 Å². The third kappa shape index (κ3) is 0.517. The van der Waals surface area contributed by atoms with E-state index in [9.17, 15) is 4.39 Å². The van der Waals surface area contributed by atoms with E-state index in [0.717, 1.165) is 6.54 Å². The smallest absolute Gasteiger partial charge is 0.127 e. The molecule has 1 aliphatic heterocycles. The van der Waals surface area contributed by atoms with Crippen molar-refractivity contribution in [3.8, 4) is 0 Å². The third-order valence-electron chi connectivity index (χ3n) is 2.39. The molecule has 0 radical (unpaired) electrons. The number of likely N-dealkylation sites (N-methyl/N-ethyl adjacent to an activating group) is 1. The van der Waals surface area contributed by atoms with Gasteiger partial charge in [0, 0.05) is 6.54 Å². The van der Waals surface area contributed by atoms with Crippen LogP contribution in [0.4, 0.5) is 4.39 Å². The molecular formula is C7H10FN. The van der Waals surface area contributed by atoms with Crippen molar-refractivity contribution < 1.29 is 4.39 Å². The van der Waals surface area contributed by atoms with Crippen LogP contribution in [0.3, 0.4) is 0 Å². The normalized spacial score (nSPS) is 38.2. The molecule has 0 aromatic heterocycles. The largest absolute Gasteiger partial charge is 0.291 e. The second kappa shape index (κ2) is 1.37. The van der Waals surface area contributed by atoms with Gasteiger partial charge in [-0.2, -0.15) is 0 Å². The van der Waals surface area contributed by atoms with Gasteiger partial charge in [0.1, 0.15) is 6.17 Å². The van der Waals surface area contributed by atoms with E-state index in [4.69, 9.17) is 0 Å². The van der Waals surface area contributed by atoms with Crippen LogP contribution in [0.15, 0.2) is 12.2 Å². The predicted octanol–water partition coefficient (Wildman–Crippen LogP) is 0.969. The summed E-state index contributed by atoms with van der Waals surface area (Å²) in [6.45, 7) is 0.897. The maximum absolute atomic E-state index is 12.9. The highest BCUT2D eigenvalue weighted by atomic mass is 19.1. The maximum Gasteiger partial charge on any atom is 0.127 e. The molecule has 2 rings (SSSR count). The van der Waals surface area contributed by atoms with Crippen molar-refractivity contribution in [2.45, 2.75) is 18.1 Å². The van der Waals surface area contributed by atoms with Crippen LogP contribution in [0.1, 0.15) is 6.42 Å². The molecule has 0 saturated carbocycles. The summed E-state index contributed by atoms with van der Waals surface area (Å²) in [6.07, 6.45) is 3.96. The van der Waals surface area contributed by atoms with E-state index in [2.05, 4.69) is 4.90 Å². The first-order valence-electron chi connectivity index (χ1n) is 3.31. The summed E-state index contributed by atoms with van der Waals surface area (Å²) >= 11 is 0. The average Bonchev–Trinajstić information content (AvgIpc) is 2.56. The minimum atomic E-state index is -0.637. The van der Waals surface area contributed by atoms with E-state index in [1.165, 1.54) is 0 Å². The van der Waals surface area contributed by atoms with Crippen LogP contribution >= 0.6 is 0 Å². The highest BCUT2D eigenvalue weighted by Crippen LogP contribution is 2.41. The third-order valence-corrected chi connectivity index (χ3v) is 2.39. The lowest BCUT2D eigenvalue weighted by Crippen LogP contribution is -2.33. The molecule has 0 aromatic carbocycles. The van der Waals surface area contributed by atoms with Gasteiger partial charge in [0.05, 0.1) is 5.54 Å². The van der Waals surface area contributed by atoms with E-state index in [1.807, 2.05) is 19.2 Å². The Morgan fingerprint density at radius 1 is 1.67 bits per heavy atom. The minimum absolute atomic E-state index is 0.222. The van der Waals surface area contributed by atoms with Crippen LogP contribution in [0.25, 0.3) is 0 Å². The van der Waals surface area contributed by atoms with E-state index in [0.29, 0.717) is 6.42 Å². The van der Waals surface area contributed by atoms with Gasteiger partial charge in [0.15, 0.2) is 0 Å². The van der Waals surface area contributed by atoms with Crippen LogP contribution in [0.2, 0.25) is 0 Å². The first-order chi connectivity index (χ1) is 4.26. The Kier molecular flexibility index (Phi) is 0.826. The predicted molar refractivity (Wildman–Crippen MR) is 34.0 cm³/mol. The number of halogens is 1. The molecule has 1 heterocycles. The lowest BCUT2D eigenvalue weighted by atomic mass is 10.1. The molecule has 1 nitrogen and oxygen atoms in total. The topological polar surface area (TPSA) is 3.24 Å². The van der Waals surface area contributed by atoms with Crippen LogP contribution < -0.4 is 0 Å². The van der Waals surface area contributed by atoms with Crippen molar-refractivity contribution in [2.75, 3.05) is 13.6 Å². The van der Waals surface area contributed by atoms with Gasteiger partial charge in [-0.3, -0.25) is 4.90 Å². The summed E-state index contributed by atoms with van der Waals surface area (Å²) in [5, 5.41) is 0. The summed E-state index contributed by atoms with van der Waals surface area (Å²) in [5.74, 6) is 0. The number of nitrogens with zero attached hydrogens (tertiary/aromatic N) is 1. The Labute approximate surface area is 54.2 Å². The van der Waals surface area contributed by atoms with E-state index >= 15 is 0 Å². The fraction of sp³-hybridized carbons (Fsp3) is 0.714. The van der Waals surface area contributed by atoms with Gasteiger partial charge < -0.3 is 0 Å². The zero-order valence-electron chi connectivity index (χ0n) is 5.47. The molecule has 9 heavy (non-hydrogen) atoms. The lowest BCUT2D eigenvalue weighted by Gasteiger charge is -2.19. The lowest BCUT2D eigenvalue weighted by molar-refractivity contribution is 0.226. The fourth-order valence-electron chi connectivity index (χ4n) is 1.52. The van der Waals surface area contributed by atoms with Gasteiger partial charge in [0.25, 0.3) is 0 Å². The van der Waals surface area contributed by atoms with Crippen LogP contribution in [-0.4, -0.2) is 30.2 Å². The number of hydrogen-bond donors (Lipinski definition) is 0. The molecule has 1 fully saturated rings. The monoisotopic (exact) mass is 127 g/mol. The number of rotatable bonds is 0. The molecule has 0 bridgehead atoms. The van der Waals surface area contributed by atoms with Crippen molar-refractivity contribution in [3.05, 3.63) is 12.2 Å². The number of likely N-dealkylation sites (tertiary alicyclic amines) is 1. The quantitative estimate of drug-likeness (QED) is 0.438. The molecule has 1 saturated heterocycles. The van der Waals surface area contributed by atoms with E-state index in [1.54, 1.807) is 0 Å². The van der Waals surface area contributed by atoms with Crippen molar-refractivity contribution >= 4 is 0 Å². The zero-order chi connectivity index (χ0) is 6.48. The van der Waals surface area contributed by atoms with Gasteiger partial charge in [0.2, 0.25) is 0 Å². The highest BCUT2D eigenvalue weighted by Gasteiger charge is 2.50.